The van der Waals surface area contributed by atoms with Crippen LogP contribution in [0.15, 0.2) is 72.8 Å². The molecule has 0 spiro atoms. The van der Waals surface area contributed by atoms with Crippen molar-refractivity contribution in [2.45, 2.75) is 13.2 Å². The predicted molar refractivity (Wildman–Crippen MR) is 114 cm³/mol. The standard InChI is InChI=1S/C22H16N2O10/c25-21(33-19-8-4-17(5-9-19)23(27)28)31-13-15-2-1-3-16(12-15)14-32-22(26)34-20-10-6-18(7-11-20)24(29)30/h1-12H,13-14H2. The molecule has 0 saturated heterocycles. The average molecular weight is 468 g/mol. The Bertz CT molecular complexity index is 1100. The Morgan fingerprint density at radius 1 is 0.647 bits per heavy atom. The number of non-ortho nitro benzene ring substituents is 2. The molecule has 34 heavy (non-hydrogen) atoms. The van der Waals surface area contributed by atoms with Crippen LogP contribution in [-0.4, -0.2) is 22.2 Å². The van der Waals surface area contributed by atoms with E-state index >= 15 is 0 Å². The maximum Gasteiger partial charge on any atom is 0.514 e. The van der Waals surface area contributed by atoms with Gasteiger partial charge in [0.15, 0.2) is 0 Å². The number of benzene rings is 3. The van der Waals surface area contributed by atoms with Gasteiger partial charge in [0.25, 0.3) is 11.4 Å². The second-order valence-corrected chi connectivity index (χ2v) is 6.60. The van der Waals surface area contributed by atoms with Crippen molar-refractivity contribution in [3.63, 3.8) is 0 Å². The Kier molecular flexibility index (Phi) is 7.68. The van der Waals surface area contributed by atoms with Gasteiger partial charge in [-0.25, -0.2) is 9.59 Å². The summed E-state index contributed by atoms with van der Waals surface area (Å²) in [4.78, 5) is 43.8. The van der Waals surface area contributed by atoms with Crippen molar-refractivity contribution >= 4 is 23.7 Å². The summed E-state index contributed by atoms with van der Waals surface area (Å²) in [5, 5.41) is 21.3. The maximum absolute atomic E-state index is 11.8. The molecule has 3 aromatic carbocycles. The van der Waals surface area contributed by atoms with E-state index in [1.54, 1.807) is 24.3 Å². The molecule has 0 aliphatic carbocycles. The summed E-state index contributed by atoms with van der Waals surface area (Å²) in [6.45, 7) is -0.264. The number of hydrogen-bond acceptors (Lipinski definition) is 10. The predicted octanol–water partition coefficient (Wildman–Crippen LogP) is 4.93. The molecule has 0 unspecified atom stereocenters. The number of carbonyl (C=O) groups is 2. The van der Waals surface area contributed by atoms with Crippen molar-refractivity contribution in [1.29, 1.82) is 0 Å². The number of ether oxygens (including phenoxy) is 4. The number of nitro groups is 2. The van der Waals surface area contributed by atoms with Gasteiger partial charge in [-0.1, -0.05) is 18.2 Å². The topological polar surface area (TPSA) is 157 Å². The summed E-state index contributed by atoms with van der Waals surface area (Å²) in [6, 6.07) is 16.5. The van der Waals surface area contributed by atoms with E-state index in [9.17, 15) is 29.8 Å². The second kappa shape index (κ2) is 11.0. The van der Waals surface area contributed by atoms with Crippen LogP contribution in [-0.2, 0) is 22.7 Å². The summed E-state index contributed by atoms with van der Waals surface area (Å²) in [5.74, 6) is 0.175. The van der Waals surface area contributed by atoms with E-state index in [-0.39, 0.29) is 36.1 Å². The molecular formula is C22H16N2O10. The van der Waals surface area contributed by atoms with Gasteiger partial charge in [0.05, 0.1) is 9.85 Å². The SMILES string of the molecule is O=C(OCc1cccc(COC(=O)Oc2ccc([N+](=O)[O-])cc2)c1)Oc1ccc([N+](=O)[O-])cc1. The number of carbonyl (C=O) groups excluding carboxylic acids is 2. The highest BCUT2D eigenvalue weighted by Crippen LogP contribution is 2.19. The lowest BCUT2D eigenvalue weighted by molar-refractivity contribution is -0.385. The van der Waals surface area contributed by atoms with Crippen LogP contribution in [0.4, 0.5) is 21.0 Å². The van der Waals surface area contributed by atoms with E-state index in [2.05, 4.69) is 0 Å². The van der Waals surface area contributed by atoms with Crippen molar-refractivity contribution in [3.8, 4) is 11.5 Å². The van der Waals surface area contributed by atoms with Crippen LogP contribution < -0.4 is 9.47 Å². The number of hydrogen-bond donors (Lipinski definition) is 0. The van der Waals surface area contributed by atoms with Gasteiger partial charge in [-0.3, -0.25) is 20.2 Å². The minimum Gasteiger partial charge on any atom is -0.429 e. The summed E-state index contributed by atoms with van der Waals surface area (Å²) >= 11 is 0. The van der Waals surface area contributed by atoms with Gasteiger partial charge in [0, 0.05) is 24.3 Å². The number of nitro benzene ring substituents is 2. The molecule has 12 heteroatoms. The average Bonchev–Trinajstić information content (AvgIpc) is 2.82. The third-order valence-electron chi connectivity index (χ3n) is 4.20. The van der Waals surface area contributed by atoms with Crippen molar-refractivity contribution in [3.05, 3.63) is 104 Å². The summed E-state index contributed by atoms with van der Waals surface area (Å²) in [5.41, 5.74) is 0.892. The molecule has 12 nitrogen and oxygen atoms in total. The molecule has 0 bridgehead atoms. The molecule has 0 aromatic heterocycles. The zero-order valence-electron chi connectivity index (χ0n) is 17.3. The van der Waals surface area contributed by atoms with Crippen LogP contribution >= 0.6 is 0 Å². The minimum atomic E-state index is -0.998. The smallest absolute Gasteiger partial charge is 0.429 e. The summed E-state index contributed by atoms with van der Waals surface area (Å²) < 4.78 is 19.9. The Morgan fingerprint density at radius 3 is 1.38 bits per heavy atom. The lowest BCUT2D eigenvalue weighted by atomic mass is 10.1. The quantitative estimate of drug-likeness (QED) is 0.192. The highest BCUT2D eigenvalue weighted by Gasteiger charge is 2.11. The van der Waals surface area contributed by atoms with Gasteiger partial charge in [-0.05, 0) is 41.5 Å². The molecule has 0 heterocycles. The fraction of sp³-hybridized carbons (Fsp3) is 0.0909. The molecular weight excluding hydrogens is 452 g/mol. The van der Waals surface area contributed by atoms with Crippen LogP contribution in [0, 0.1) is 20.2 Å². The van der Waals surface area contributed by atoms with Gasteiger partial charge in [0.2, 0.25) is 0 Å². The maximum atomic E-state index is 11.8. The first kappa shape index (κ1) is 23.7. The highest BCUT2D eigenvalue weighted by atomic mass is 16.7. The Labute approximate surface area is 191 Å². The lowest BCUT2D eigenvalue weighted by Crippen LogP contribution is -2.11. The summed E-state index contributed by atoms with van der Waals surface area (Å²) in [6.07, 6.45) is -2.00. The molecule has 0 amide bonds. The van der Waals surface area contributed by atoms with Crippen molar-refractivity contribution in [1.82, 2.24) is 0 Å². The molecule has 0 atom stereocenters. The normalized spacial score (nSPS) is 10.1. The second-order valence-electron chi connectivity index (χ2n) is 6.60. The fourth-order valence-corrected chi connectivity index (χ4v) is 2.62. The van der Waals surface area contributed by atoms with Crippen LogP contribution in [0.5, 0.6) is 11.5 Å². The zero-order valence-corrected chi connectivity index (χ0v) is 17.3. The molecule has 0 saturated carbocycles. The van der Waals surface area contributed by atoms with Gasteiger partial charge < -0.3 is 18.9 Å². The van der Waals surface area contributed by atoms with Crippen LogP contribution in [0.3, 0.4) is 0 Å². The van der Waals surface area contributed by atoms with Crippen molar-refractivity contribution in [2.75, 3.05) is 0 Å². The molecule has 0 radical (unpaired) electrons. The first-order valence-corrected chi connectivity index (χ1v) is 9.56. The third kappa shape index (κ3) is 7.02. The van der Waals surface area contributed by atoms with Gasteiger partial charge in [-0.2, -0.15) is 0 Å². The molecule has 3 aromatic rings. The molecule has 0 fully saturated rings. The van der Waals surface area contributed by atoms with E-state index in [0.29, 0.717) is 11.1 Å². The fourth-order valence-electron chi connectivity index (χ4n) is 2.62. The molecule has 0 aliphatic heterocycles. The first-order chi connectivity index (χ1) is 16.3. The Hall–Kier alpha value is -5.00. The first-order valence-electron chi connectivity index (χ1n) is 9.56. The van der Waals surface area contributed by atoms with E-state index in [4.69, 9.17) is 18.9 Å². The van der Waals surface area contributed by atoms with E-state index < -0.39 is 22.2 Å². The molecule has 174 valence electrons. The monoisotopic (exact) mass is 468 g/mol. The largest absolute Gasteiger partial charge is 0.514 e. The van der Waals surface area contributed by atoms with Crippen LogP contribution in [0.2, 0.25) is 0 Å². The Balaban J connectivity index is 1.45. The van der Waals surface area contributed by atoms with Crippen LogP contribution in [0.25, 0.3) is 0 Å². The van der Waals surface area contributed by atoms with Crippen molar-refractivity contribution < 1.29 is 38.4 Å². The van der Waals surface area contributed by atoms with Gasteiger partial charge >= 0.3 is 12.3 Å². The minimum absolute atomic E-state index is 0.0873. The molecule has 0 aliphatic rings. The van der Waals surface area contributed by atoms with Crippen LogP contribution in [0.1, 0.15) is 11.1 Å². The van der Waals surface area contributed by atoms with Gasteiger partial charge in [0.1, 0.15) is 24.7 Å². The van der Waals surface area contributed by atoms with E-state index in [1.165, 1.54) is 48.5 Å². The third-order valence-corrected chi connectivity index (χ3v) is 4.20. The summed E-state index contributed by atoms with van der Waals surface area (Å²) in [7, 11) is 0. The number of nitrogens with zero attached hydrogens (tertiary/aromatic N) is 2. The lowest BCUT2D eigenvalue weighted by Gasteiger charge is -2.08. The number of rotatable bonds is 8. The van der Waals surface area contributed by atoms with Gasteiger partial charge in [-0.15, -0.1) is 0 Å². The molecule has 3 rings (SSSR count). The van der Waals surface area contributed by atoms with E-state index in [0.717, 1.165) is 0 Å². The van der Waals surface area contributed by atoms with E-state index in [1.807, 2.05) is 0 Å². The zero-order chi connectivity index (χ0) is 24.5. The molecule has 0 N–H and O–H groups in total. The Morgan fingerprint density at radius 2 is 1.03 bits per heavy atom. The highest BCUT2D eigenvalue weighted by molar-refractivity contribution is 5.64. The van der Waals surface area contributed by atoms with Crippen molar-refractivity contribution in [2.24, 2.45) is 0 Å².